The van der Waals surface area contributed by atoms with E-state index in [1.165, 1.54) is 4.90 Å². The van der Waals surface area contributed by atoms with Crippen molar-refractivity contribution in [2.24, 2.45) is 5.92 Å². The first-order valence-corrected chi connectivity index (χ1v) is 9.33. The molecule has 1 N–H and O–H groups in total. The fraction of sp³-hybridized carbons (Fsp3) is 0.889. The van der Waals surface area contributed by atoms with Crippen LogP contribution < -0.4 is 0 Å². The van der Waals surface area contributed by atoms with Crippen molar-refractivity contribution in [1.82, 2.24) is 14.7 Å². The highest BCUT2D eigenvalue weighted by atomic mass is 16.6. The number of carbonyl (C=O) groups excluding carboxylic acids is 1. The van der Waals surface area contributed by atoms with E-state index in [4.69, 9.17) is 9.84 Å². The van der Waals surface area contributed by atoms with Crippen LogP contribution in [-0.2, 0) is 9.53 Å². The number of carbonyl (C=O) groups is 2. The Hall–Kier alpha value is -1.34. The first-order valence-electron chi connectivity index (χ1n) is 9.33. The van der Waals surface area contributed by atoms with Gasteiger partial charge in [-0.15, -0.1) is 0 Å². The molecule has 2 aliphatic heterocycles. The summed E-state index contributed by atoms with van der Waals surface area (Å²) in [5.74, 6) is -0.0425. The standard InChI is InChI=1S/C18H33N3O4/c1-14-13-21(17(23)24)12-11-20(14)10-9-19-7-5-15(6-8-19)16(22)25-18(2,3)4/h14-15H,5-13H2,1-4H3,(H,23,24)/t14-/m0/s1. The van der Waals surface area contributed by atoms with E-state index in [0.29, 0.717) is 13.1 Å². The molecular weight excluding hydrogens is 322 g/mol. The van der Waals surface area contributed by atoms with Crippen LogP contribution in [0.15, 0.2) is 0 Å². The fourth-order valence-corrected chi connectivity index (χ4v) is 3.55. The lowest BCUT2D eigenvalue weighted by Gasteiger charge is -2.40. The topological polar surface area (TPSA) is 73.3 Å². The molecule has 0 aliphatic carbocycles. The number of esters is 1. The molecule has 2 saturated heterocycles. The van der Waals surface area contributed by atoms with Gasteiger partial charge in [-0.1, -0.05) is 0 Å². The molecular formula is C18H33N3O4. The molecule has 2 fully saturated rings. The second-order valence-corrected chi connectivity index (χ2v) is 8.26. The molecule has 0 spiro atoms. The Morgan fingerprint density at radius 3 is 2.24 bits per heavy atom. The SMILES string of the molecule is C[C@H]1CN(C(=O)O)CCN1CCN1CCC(C(=O)OC(C)(C)C)CC1. The second-order valence-electron chi connectivity index (χ2n) is 8.26. The number of hydrogen-bond donors (Lipinski definition) is 1. The maximum atomic E-state index is 12.2. The molecule has 7 nitrogen and oxygen atoms in total. The Bertz CT molecular complexity index is 469. The van der Waals surface area contributed by atoms with Gasteiger partial charge in [0.25, 0.3) is 0 Å². The van der Waals surface area contributed by atoms with Gasteiger partial charge in [0.05, 0.1) is 5.92 Å². The van der Waals surface area contributed by atoms with E-state index in [9.17, 15) is 9.59 Å². The summed E-state index contributed by atoms with van der Waals surface area (Å²) < 4.78 is 5.49. The Labute approximate surface area is 150 Å². The summed E-state index contributed by atoms with van der Waals surface area (Å²) in [5.41, 5.74) is -0.414. The molecule has 144 valence electrons. The number of carboxylic acid groups (broad SMARTS) is 1. The molecule has 0 saturated carbocycles. The molecule has 0 radical (unpaired) electrons. The van der Waals surface area contributed by atoms with Gasteiger partial charge in [0.1, 0.15) is 5.60 Å². The molecule has 7 heteroatoms. The van der Waals surface area contributed by atoms with Crippen LogP contribution in [0.2, 0.25) is 0 Å². The molecule has 2 heterocycles. The first kappa shape index (κ1) is 20.0. The molecule has 1 atom stereocenters. The van der Waals surface area contributed by atoms with Crippen LogP contribution in [0.1, 0.15) is 40.5 Å². The Morgan fingerprint density at radius 2 is 1.72 bits per heavy atom. The summed E-state index contributed by atoms with van der Waals surface area (Å²) in [6.45, 7) is 13.5. The van der Waals surface area contributed by atoms with E-state index in [1.807, 2.05) is 20.8 Å². The van der Waals surface area contributed by atoms with Crippen molar-refractivity contribution in [3.8, 4) is 0 Å². The number of amides is 1. The average Bonchev–Trinajstić information content (AvgIpc) is 2.52. The lowest BCUT2D eigenvalue weighted by Crippen LogP contribution is -2.55. The van der Waals surface area contributed by atoms with Crippen molar-refractivity contribution in [3.63, 3.8) is 0 Å². The first-order chi connectivity index (χ1) is 11.7. The third kappa shape index (κ3) is 6.15. The Balaban J connectivity index is 1.69. The van der Waals surface area contributed by atoms with Crippen LogP contribution in [0.25, 0.3) is 0 Å². The molecule has 2 aliphatic rings. The average molecular weight is 355 g/mol. The minimum absolute atomic E-state index is 0.0218. The second kappa shape index (κ2) is 8.36. The van der Waals surface area contributed by atoms with Crippen LogP contribution in [0.3, 0.4) is 0 Å². The summed E-state index contributed by atoms with van der Waals surface area (Å²) in [7, 11) is 0. The van der Waals surface area contributed by atoms with Crippen LogP contribution >= 0.6 is 0 Å². The quantitative estimate of drug-likeness (QED) is 0.774. The molecule has 0 aromatic rings. The fourth-order valence-electron chi connectivity index (χ4n) is 3.55. The Kier molecular flexibility index (Phi) is 6.68. The third-order valence-corrected chi connectivity index (χ3v) is 5.07. The van der Waals surface area contributed by atoms with Gasteiger partial charge in [0.15, 0.2) is 0 Å². The number of piperidine rings is 1. The summed E-state index contributed by atoms with van der Waals surface area (Å²) >= 11 is 0. The van der Waals surface area contributed by atoms with E-state index in [1.54, 1.807) is 0 Å². The zero-order chi connectivity index (χ0) is 18.6. The van der Waals surface area contributed by atoms with Gasteiger partial charge in [-0.3, -0.25) is 9.69 Å². The number of likely N-dealkylation sites (tertiary alicyclic amines) is 1. The number of nitrogens with zero attached hydrogens (tertiary/aromatic N) is 3. The van der Waals surface area contributed by atoms with Crippen LogP contribution in [-0.4, -0.2) is 89.3 Å². The largest absolute Gasteiger partial charge is 0.465 e. The highest BCUT2D eigenvalue weighted by Gasteiger charge is 2.30. The van der Waals surface area contributed by atoms with Crippen molar-refractivity contribution in [1.29, 1.82) is 0 Å². The van der Waals surface area contributed by atoms with Gasteiger partial charge >= 0.3 is 12.1 Å². The summed E-state index contributed by atoms with van der Waals surface area (Å²) in [4.78, 5) is 29.5. The van der Waals surface area contributed by atoms with E-state index in [-0.39, 0.29) is 17.9 Å². The van der Waals surface area contributed by atoms with Crippen molar-refractivity contribution in [3.05, 3.63) is 0 Å². The monoisotopic (exact) mass is 355 g/mol. The summed E-state index contributed by atoms with van der Waals surface area (Å²) in [5, 5.41) is 9.08. The number of piperazine rings is 1. The van der Waals surface area contributed by atoms with Gasteiger partial charge in [-0.25, -0.2) is 4.79 Å². The maximum Gasteiger partial charge on any atom is 0.407 e. The highest BCUT2D eigenvalue weighted by Crippen LogP contribution is 2.21. The van der Waals surface area contributed by atoms with Crippen molar-refractivity contribution in [2.45, 2.75) is 52.2 Å². The van der Waals surface area contributed by atoms with E-state index < -0.39 is 11.7 Å². The van der Waals surface area contributed by atoms with Gasteiger partial charge in [-0.05, 0) is 53.6 Å². The van der Waals surface area contributed by atoms with Crippen LogP contribution in [0.4, 0.5) is 4.79 Å². The van der Waals surface area contributed by atoms with Crippen molar-refractivity contribution < 1.29 is 19.4 Å². The lowest BCUT2D eigenvalue weighted by atomic mass is 9.96. The predicted molar refractivity (Wildman–Crippen MR) is 95.6 cm³/mol. The van der Waals surface area contributed by atoms with E-state index in [0.717, 1.165) is 45.6 Å². The summed E-state index contributed by atoms with van der Waals surface area (Å²) in [6, 6.07) is 0.254. The maximum absolute atomic E-state index is 12.2. The number of ether oxygens (including phenoxy) is 1. The van der Waals surface area contributed by atoms with Gasteiger partial charge in [0, 0.05) is 38.8 Å². The normalized spacial score (nSPS) is 24.3. The molecule has 25 heavy (non-hydrogen) atoms. The van der Waals surface area contributed by atoms with Gasteiger partial charge in [-0.2, -0.15) is 0 Å². The zero-order valence-electron chi connectivity index (χ0n) is 16.0. The third-order valence-electron chi connectivity index (χ3n) is 5.07. The predicted octanol–water partition coefficient (Wildman–Crippen LogP) is 1.72. The molecule has 2 rings (SSSR count). The van der Waals surface area contributed by atoms with Gasteiger partial charge < -0.3 is 19.6 Å². The van der Waals surface area contributed by atoms with Crippen molar-refractivity contribution in [2.75, 3.05) is 45.8 Å². The van der Waals surface area contributed by atoms with E-state index >= 15 is 0 Å². The number of hydrogen-bond acceptors (Lipinski definition) is 5. The van der Waals surface area contributed by atoms with Crippen molar-refractivity contribution >= 4 is 12.1 Å². The number of rotatable bonds is 4. The molecule has 1 amide bonds. The minimum Gasteiger partial charge on any atom is -0.465 e. The molecule has 0 aromatic carbocycles. The van der Waals surface area contributed by atoms with E-state index in [2.05, 4.69) is 16.7 Å². The summed E-state index contributed by atoms with van der Waals surface area (Å²) in [6.07, 6.45) is 0.893. The molecule has 0 unspecified atom stereocenters. The van der Waals surface area contributed by atoms with Gasteiger partial charge in [0.2, 0.25) is 0 Å². The smallest absolute Gasteiger partial charge is 0.407 e. The van der Waals surface area contributed by atoms with Crippen LogP contribution in [0.5, 0.6) is 0 Å². The van der Waals surface area contributed by atoms with Crippen LogP contribution in [0, 0.1) is 5.92 Å². The minimum atomic E-state index is -0.823. The molecule has 0 aromatic heterocycles. The Morgan fingerprint density at radius 1 is 1.08 bits per heavy atom. The zero-order valence-corrected chi connectivity index (χ0v) is 16.0. The lowest BCUT2D eigenvalue weighted by molar-refractivity contribution is -0.161. The highest BCUT2D eigenvalue weighted by molar-refractivity contribution is 5.73. The molecule has 0 bridgehead atoms.